The van der Waals surface area contributed by atoms with Crippen LogP contribution in [0.15, 0.2) is 12.2 Å². The van der Waals surface area contributed by atoms with E-state index in [0.29, 0.717) is 0 Å². The van der Waals surface area contributed by atoms with Gasteiger partial charge < -0.3 is 9.47 Å². The van der Waals surface area contributed by atoms with Gasteiger partial charge in [0.05, 0.1) is 25.2 Å². The fourth-order valence-corrected chi connectivity index (χ4v) is 1.66. The van der Waals surface area contributed by atoms with E-state index in [1.165, 1.54) is 7.11 Å². The van der Waals surface area contributed by atoms with E-state index in [0.717, 1.165) is 6.42 Å². The maximum atomic E-state index is 11.1. The minimum Gasteiger partial charge on any atom is -0.469 e. The third-order valence-electron chi connectivity index (χ3n) is 2.23. The molecule has 1 saturated heterocycles. The number of rotatable bonds is 1. The van der Waals surface area contributed by atoms with Crippen LogP contribution >= 0.6 is 0 Å². The number of esters is 1. The van der Waals surface area contributed by atoms with Crippen molar-refractivity contribution in [2.75, 3.05) is 7.11 Å². The predicted molar refractivity (Wildman–Crippen MR) is 37.9 cm³/mol. The van der Waals surface area contributed by atoms with Crippen molar-refractivity contribution >= 4 is 5.97 Å². The summed E-state index contributed by atoms with van der Waals surface area (Å²) in [6.45, 7) is 0. The van der Waals surface area contributed by atoms with Crippen molar-refractivity contribution in [1.29, 1.82) is 0 Å². The number of fused-ring (bicyclic) bond motifs is 2. The maximum Gasteiger partial charge on any atom is 0.311 e. The average Bonchev–Trinajstić information content (AvgIpc) is 2.62. The molecule has 0 spiro atoms. The van der Waals surface area contributed by atoms with Gasteiger partial charge in [-0.15, -0.1) is 0 Å². The second kappa shape index (κ2) is 2.34. The zero-order valence-electron chi connectivity index (χ0n) is 6.32. The first-order chi connectivity index (χ1) is 5.31. The fraction of sp³-hybridized carbons (Fsp3) is 0.625. The molecular weight excluding hydrogens is 144 g/mol. The van der Waals surface area contributed by atoms with Crippen molar-refractivity contribution in [3.8, 4) is 0 Å². The molecule has 0 N–H and O–H groups in total. The number of hydrogen-bond acceptors (Lipinski definition) is 3. The molecule has 0 saturated carbocycles. The summed E-state index contributed by atoms with van der Waals surface area (Å²) in [4.78, 5) is 11.1. The van der Waals surface area contributed by atoms with E-state index in [2.05, 4.69) is 4.74 Å². The summed E-state index contributed by atoms with van der Waals surface area (Å²) < 4.78 is 10.0. The summed E-state index contributed by atoms with van der Waals surface area (Å²) >= 11 is 0. The van der Waals surface area contributed by atoms with E-state index in [1.807, 2.05) is 12.2 Å². The highest BCUT2D eigenvalue weighted by Gasteiger charge is 2.41. The molecular formula is C8H10O3. The van der Waals surface area contributed by atoms with Gasteiger partial charge in [-0.1, -0.05) is 12.2 Å². The molecule has 0 unspecified atom stereocenters. The van der Waals surface area contributed by atoms with Gasteiger partial charge in [-0.05, 0) is 6.42 Å². The molecule has 3 heteroatoms. The van der Waals surface area contributed by atoms with Gasteiger partial charge in [0.2, 0.25) is 0 Å². The Kier molecular flexibility index (Phi) is 1.46. The Morgan fingerprint density at radius 1 is 1.64 bits per heavy atom. The summed E-state index contributed by atoms with van der Waals surface area (Å²) in [6, 6.07) is 0. The lowest BCUT2D eigenvalue weighted by molar-refractivity contribution is -0.146. The number of ether oxygens (including phenoxy) is 2. The lowest BCUT2D eigenvalue weighted by Gasteiger charge is -2.11. The van der Waals surface area contributed by atoms with Crippen LogP contribution < -0.4 is 0 Å². The highest BCUT2D eigenvalue weighted by molar-refractivity contribution is 5.74. The topological polar surface area (TPSA) is 35.5 Å². The largest absolute Gasteiger partial charge is 0.469 e. The molecule has 2 heterocycles. The Balaban J connectivity index is 2.08. The molecule has 11 heavy (non-hydrogen) atoms. The molecule has 0 aliphatic carbocycles. The number of carbonyl (C=O) groups is 1. The fourth-order valence-electron chi connectivity index (χ4n) is 1.66. The zero-order valence-corrected chi connectivity index (χ0v) is 6.32. The lowest BCUT2D eigenvalue weighted by atomic mass is 9.95. The summed E-state index contributed by atoms with van der Waals surface area (Å²) in [5, 5.41) is 0. The van der Waals surface area contributed by atoms with Crippen molar-refractivity contribution in [2.24, 2.45) is 5.92 Å². The Labute approximate surface area is 65.0 Å². The first-order valence-electron chi connectivity index (χ1n) is 3.73. The first kappa shape index (κ1) is 6.85. The molecule has 2 aliphatic rings. The molecule has 0 aromatic carbocycles. The van der Waals surface area contributed by atoms with Crippen molar-refractivity contribution in [3.63, 3.8) is 0 Å². The van der Waals surface area contributed by atoms with E-state index in [1.54, 1.807) is 0 Å². The highest BCUT2D eigenvalue weighted by Crippen LogP contribution is 2.34. The lowest BCUT2D eigenvalue weighted by Crippen LogP contribution is -2.24. The molecule has 3 atom stereocenters. The number of carbonyl (C=O) groups excluding carboxylic acids is 1. The van der Waals surface area contributed by atoms with E-state index in [9.17, 15) is 4.79 Å². The van der Waals surface area contributed by atoms with Crippen molar-refractivity contribution in [1.82, 2.24) is 0 Å². The zero-order chi connectivity index (χ0) is 7.84. The van der Waals surface area contributed by atoms with Gasteiger partial charge in [-0.2, -0.15) is 0 Å². The Hall–Kier alpha value is -0.830. The third-order valence-corrected chi connectivity index (χ3v) is 2.23. The molecule has 2 bridgehead atoms. The number of methoxy groups -OCH3 is 1. The highest BCUT2D eigenvalue weighted by atomic mass is 16.5. The SMILES string of the molecule is COC(=O)[C@H]1C[C@H]2C=C[C@H]1O2. The van der Waals surface area contributed by atoms with Gasteiger partial charge in [0.25, 0.3) is 0 Å². The Bertz CT molecular complexity index is 209. The van der Waals surface area contributed by atoms with Crippen LogP contribution in [-0.2, 0) is 14.3 Å². The Morgan fingerprint density at radius 3 is 2.91 bits per heavy atom. The van der Waals surface area contributed by atoms with Gasteiger partial charge in [0.15, 0.2) is 0 Å². The van der Waals surface area contributed by atoms with Crippen molar-refractivity contribution in [3.05, 3.63) is 12.2 Å². The molecule has 2 aliphatic heterocycles. The maximum absolute atomic E-state index is 11.1. The van der Waals surface area contributed by atoms with Crippen LogP contribution in [0.25, 0.3) is 0 Å². The van der Waals surface area contributed by atoms with Gasteiger partial charge in [0, 0.05) is 0 Å². The third kappa shape index (κ3) is 0.959. The van der Waals surface area contributed by atoms with Crippen LogP contribution in [0.1, 0.15) is 6.42 Å². The Morgan fingerprint density at radius 2 is 2.45 bits per heavy atom. The molecule has 0 amide bonds. The van der Waals surface area contributed by atoms with Crippen LogP contribution in [0, 0.1) is 5.92 Å². The van der Waals surface area contributed by atoms with Crippen LogP contribution in [0.3, 0.4) is 0 Å². The monoisotopic (exact) mass is 154 g/mol. The molecule has 3 nitrogen and oxygen atoms in total. The second-order valence-electron chi connectivity index (χ2n) is 2.89. The minimum atomic E-state index is -0.151. The van der Waals surface area contributed by atoms with Gasteiger partial charge in [0.1, 0.15) is 0 Å². The average molecular weight is 154 g/mol. The van der Waals surface area contributed by atoms with Crippen molar-refractivity contribution < 1.29 is 14.3 Å². The molecule has 0 aromatic heterocycles. The number of hydrogen-bond donors (Lipinski definition) is 0. The summed E-state index contributed by atoms with van der Waals surface area (Å²) in [5.74, 6) is -0.211. The normalized spacial score (nSPS) is 39.5. The summed E-state index contributed by atoms with van der Waals surface area (Å²) in [6.07, 6.45) is 4.87. The summed E-state index contributed by atoms with van der Waals surface area (Å²) in [5.41, 5.74) is 0. The van der Waals surface area contributed by atoms with Gasteiger partial charge in [-0.25, -0.2) is 0 Å². The van der Waals surface area contributed by atoms with Crippen LogP contribution in [0.2, 0.25) is 0 Å². The molecule has 2 rings (SSSR count). The van der Waals surface area contributed by atoms with Crippen LogP contribution in [-0.4, -0.2) is 25.3 Å². The first-order valence-corrected chi connectivity index (χ1v) is 3.73. The van der Waals surface area contributed by atoms with Crippen molar-refractivity contribution in [2.45, 2.75) is 18.6 Å². The van der Waals surface area contributed by atoms with E-state index >= 15 is 0 Å². The second-order valence-corrected chi connectivity index (χ2v) is 2.89. The summed E-state index contributed by atoms with van der Waals surface area (Å²) in [7, 11) is 1.41. The molecule has 60 valence electrons. The molecule has 0 aromatic rings. The van der Waals surface area contributed by atoms with E-state index in [-0.39, 0.29) is 24.1 Å². The smallest absolute Gasteiger partial charge is 0.311 e. The van der Waals surface area contributed by atoms with E-state index in [4.69, 9.17) is 4.74 Å². The van der Waals surface area contributed by atoms with Gasteiger partial charge in [-0.3, -0.25) is 4.79 Å². The molecule has 0 radical (unpaired) electrons. The quantitative estimate of drug-likeness (QED) is 0.407. The standard InChI is InChI=1S/C8H10O3/c1-10-8(9)6-4-5-2-3-7(6)11-5/h2-3,5-7H,4H2,1H3/t5-,6+,7-/m1/s1. The van der Waals surface area contributed by atoms with E-state index < -0.39 is 0 Å². The van der Waals surface area contributed by atoms with Gasteiger partial charge >= 0.3 is 5.97 Å². The van der Waals surface area contributed by atoms with Crippen LogP contribution in [0.5, 0.6) is 0 Å². The predicted octanol–water partition coefficient (Wildman–Crippen LogP) is 0.503. The minimum absolute atomic E-state index is 0.0209. The molecule has 1 fully saturated rings. The van der Waals surface area contributed by atoms with Crippen LogP contribution in [0.4, 0.5) is 0 Å².